The summed E-state index contributed by atoms with van der Waals surface area (Å²) >= 11 is 0. The third-order valence-electron chi connectivity index (χ3n) is 5.65. The maximum absolute atomic E-state index is 14.4. The summed E-state index contributed by atoms with van der Waals surface area (Å²) in [6, 6.07) is 4.77. The van der Waals surface area contributed by atoms with Gasteiger partial charge < -0.3 is 15.0 Å². The Balaban J connectivity index is 1.20. The number of carbonyl (C=O) groups is 2. The van der Waals surface area contributed by atoms with Crippen LogP contribution in [0.5, 0.6) is 5.75 Å². The Morgan fingerprint density at radius 1 is 1.24 bits per heavy atom. The minimum absolute atomic E-state index is 0.0292. The first-order chi connectivity index (χ1) is 17.7. The van der Waals surface area contributed by atoms with Crippen LogP contribution < -0.4 is 10.1 Å². The number of nitrogens with zero attached hydrogens (tertiary/aromatic N) is 6. The van der Waals surface area contributed by atoms with Crippen LogP contribution in [0.25, 0.3) is 0 Å². The van der Waals surface area contributed by atoms with Crippen molar-refractivity contribution in [3.63, 3.8) is 0 Å². The highest BCUT2D eigenvalue weighted by Crippen LogP contribution is 2.39. The fourth-order valence-electron chi connectivity index (χ4n) is 3.72. The van der Waals surface area contributed by atoms with Gasteiger partial charge in [-0.2, -0.15) is 5.10 Å². The third kappa shape index (κ3) is 7.44. The quantitative estimate of drug-likeness (QED) is 0.395. The number of amides is 2. The summed E-state index contributed by atoms with van der Waals surface area (Å²) in [5.74, 6) is -2.94. The summed E-state index contributed by atoms with van der Waals surface area (Å²) in [6.45, 7) is -0.110. The molecule has 0 bridgehead atoms. The van der Waals surface area contributed by atoms with E-state index in [4.69, 9.17) is 4.74 Å². The van der Waals surface area contributed by atoms with Gasteiger partial charge >= 0.3 is 0 Å². The standard InChI is InChI=1S/C23H25F3N8O3/c1-34(22(36)19-12-28-33-31-19)13-15(24)2-3-16-4-5-20(32-30-16)29-21(35)7-14-6-17(11-27-10-14)37-18-8-23(25,26)9-18/h4-6,10-12,15,18H,2-3,7-9,13H2,1H3,(H,28,31,33)(H,29,32,35). The van der Waals surface area contributed by atoms with Crippen molar-refractivity contribution in [3.05, 3.63) is 53.7 Å². The molecule has 3 aromatic rings. The number of aromatic amines is 1. The van der Waals surface area contributed by atoms with Crippen molar-refractivity contribution in [2.75, 3.05) is 18.9 Å². The van der Waals surface area contributed by atoms with E-state index in [1.807, 2.05) is 0 Å². The number of hydrogen-bond donors (Lipinski definition) is 2. The minimum atomic E-state index is -2.68. The van der Waals surface area contributed by atoms with Crippen molar-refractivity contribution in [1.29, 1.82) is 0 Å². The van der Waals surface area contributed by atoms with Crippen molar-refractivity contribution in [2.24, 2.45) is 0 Å². The van der Waals surface area contributed by atoms with E-state index < -0.39 is 24.1 Å². The van der Waals surface area contributed by atoms with Crippen LogP contribution in [0, 0.1) is 0 Å². The van der Waals surface area contributed by atoms with E-state index in [1.54, 1.807) is 18.2 Å². The molecule has 0 radical (unpaired) electrons. The summed E-state index contributed by atoms with van der Waals surface area (Å²) in [5, 5.41) is 20.1. The second-order valence-corrected chi connectivity index (χ2v) is 8.85. The molecule has 3 aromatic heterocycles. The number of anilines is 1. The van der Waals surface area contributed by atoms with E-state index in [-0.39, 0.29) is 49.6 Å². The number of alkyl halides is 3. The predicted molar refractivity (Wildman–Crippen MR) is 124 cm³/mol. The second kappa shape index (κ2) is 11.3. The highest BCUT2D eigenvalue weighted by molar-refractivity contribution is 5.92. The number of ether oxygens (including phenoxy) is 1. The average molecular weight is 519 g/mol. The lowest BCUT2D eigenvalue weighted by Gasteiger charge is -2.34. The van der Waals surface area contributed by atoms with Crippen LogP contribution in [-0.4, -0.2) is 79.1 Å². The van der Waals surface area contributed by atoms with Crippen molar-refractivity contribution >= 4 is 17.6 Å². The number of halogens is 3. The molecular formula is C23H25F3N8O3. The van der Waals surface area contributed by atoms with Gasteiger partial charge in [0.25, 0.3) is 11.8 Å². The van der Waals surface area contributed by atoms with Crippen LogP contribution in [0.3, 0.4) is 0 Å². The number of carbonyl (C=O) groups excluding carboxylic acids is 2. The normalized spacial score (nSPS) is 15.5. The van der Waals surface area contributed by atoms with Gasteiger partial charge in [0, 0.05) is 26.1 Å². The van der Waals surface area contributed by atoms with Gasteiger partial charge in [0.2, 0.25) is 5.91 Å². The Morgan fingerprint density at radius 2 is 2.05 bits per heavy atom. The lowest BCUT2D eigenvalue weighted by Crippen LogP contribution is -2.43. The van der Waals surface area contributed by atoms with Crippen molar-refractivity contribution in [3.8, 4) is 5.75 Å². The smallest absolute Gasteiger partial charge is 0.275 e. The zero-order valence-electron chi connectivity index (χ0n) is 19.9. The number of rotatable bonds is 11. The predicted octanol–water partition coefficient (Wildman–Crippen LogP) is 2.39. The summed E-state index contributed by atoms with van der Waals surface area (Å²) < 4.78 is 45.8. The van der Waals surface area contributed by atoms with Gasteiger partial charge in [-0.15, -0.1) is 10.2 Å². The van der Waals surface area contributed by atoms with E-state index in [2.05, 4.69) is 35.9 Å². The lowest BCUT2D eigenvalue weighted by molar-refractivity contribution is -0.134. The molecular weight excluding hydrogens is 493 g/mol. The van der Waals surface area contributed by atoms with Crippen LogP contribution in [0.4, 0.5) is 19.0 Å². The number of H-pyrrole nitrogens is 1. The largest absolute Gasteiger partial charge is 0.488 e. The van der Waals surface area contributed by atoms with Gasteiger partial charge in [-0.05, 0) is 36.6 Å². The number of aromatic nitrogens is 6. The first-order valence-corrected chi connectivity index (χ1v) is 11.5. The molecule has 1 atom stereocenters. The maximum atomic E-state index is 14.4. The minimum Gasteiger partial charge on any atom is -0.488 e. The Kier molecular flexibility index (Phi) is 7.94. The number of aryl methyl sites for hydroxylation is 1. The summed E-state index contributed by atoms with van der Waals surface area (Å²) in [5.41, 5.74) is 1.19. The van der Waals surface area contributed by atoms with Gasteiger partial charge in [-0.3, -0.25) is 19.7 Å². The SMILES string of the molecule is CN(CC(F)CCc1ccc(NC(=O)Cc2cncc(OC3CC(F)(F)C3)c2)nn1)C(=O)c1c[nH]nn1. The molecule has 4 rings (SSSR count). The Morgan fingerprint density at radius 3 is 2.73 bits per heavy atom. The molecule has 1 saturated carbocycles. The van der Waals surface area contributed by atoms with E-state index in [9.17, 15) is 22.8 Å². The molecule has 1 aliphatic carbocycles. The molecule has 0 spiro atoms. The first kappa shape index (κ1) is 26.0. The Hall–Kier alpha value is -4.10. The van der Waals surface area contributed by atoms with Gasteiger partial charge in [-0.1, -0.05) is 5.21 Å². The van der Waals surface area contributed by atoms with Crippen LogP contribution in [-0.2, 0) is 17.6 Å². The second-order valence-electron chi connectivity index (χ2n) is 8.85. The molecule has 3 heterocycles. The molecule has 196 valence electrons. The monoisotopic (exact) mass is 518 g/mol. The Bertz CT molecular complexity index is 1200. The molecule has 0 aromatic carbocycles. The molecule has 0 saturated heterocycles. The molecule has 2 amide bonds. The molecule has 0 aliphatic heterocycles. The van der Waals surface area contributed by atoms with E-state index in [1.165, 1.54) is 30.5 Å². The highest BCUT2D eigenvalue weighted by Gasteiger charge is 2.47. The van der Waals surface area contributed by atoms with Crippen molar-refractivity contribution in [1.82, 2.24) is 35.5 Å². The molecule has 11 nitrogen and oxygen atoms in total. The molecule has 1 unspecified atom stereocenters. The van der Waals surface area contributed by atoms with Gasteiger partial charge in [-0.25, -0.2) is 13.2 Å². The maximum Gasteiger partial charge on any atom is 0.275 e. The summed E-state index contributed by atoms with van der Waals surface area (Å²) in [7, 11) is 1.48. The number of pyridine rings is 1. The zero-order chi connectivity index (χ0) is 26.4. The van der Waals surface area contributed by atoms with Crippen LogP contribution in [0.1, 0.15) is 41.0 Å². The van der Waals surface area contributed by atoms with E-state index in [0.717, 1.165) is 0 Å². The fraction of sp³-hybridized carbons (Fsp3) is 0.435. The summed E-state index contributed by atoms with van der Waals surface area (Å²) in [4.78, 5) is 29.7. The fourth-order valence-corrected chi connectivity index (χ4v) is 3.72. The van der Waals surface area contributed by atoms with E-state index >= 15 is 0 Å². The van der Waals surface area contributed by atoms with Crippen molar-refractivity contribution < 1.29 is 27.5 Å². The van der Waals surface area contributed by atoms with E-state index in [0.29, 0.717) is 23.4 Å². The number of nitrogens with one attached hydrogen (secondary N) is 2. The topological polar surface area (TPSA) is 139 Å². The van der Waals surface area contributed by atoms with Gasteiger partial charge in [0.05, 0.1) is 31.1 Å². The van der Waals surface area contributed by atoms with Crippen LogP contribution in [0.15, 0.2) is 36.8 Å². The Labute approximate surface area is 209 Å². The average Bonchev–Trinajstić information content (AvgIpc) is 3.37. The zero-order valence-corrected chi connectivity index (χ0v) is 19.9. The summed E-state index contributed by atoms with van der Waals surface area (Å²) in [6.07, 6.45) is 2.11. The van der Waals surface area contributed by atoms with Gasteiger partial charge in [0.15, 0.2) is 11.5 Å². The lowest BCUT2D eigenvalue weighted by atomic mass is 9.91. The van der Waals surface area contributed by atoms with Crippen LogP contribution in [0.2, 0.25) is 0 Å². The van der Waals surface area contributed by atoms with Gasteiger partial charge in [0.1, 0.15) is 18.0 Å². The third-order valence-corrected chi connectivity index (χ3v) is 5.65. The molecule has 1 fully saturated rings. The molecule has 14 heteroatoms. The molecule has 1 aliphatic rings. The van der Waals surface area contributed by atoms with Crippen molar-refractivity contribution in [2.45, 2.75) is 50.3 Å². The number of hydrogen-bond acceptors (Lipinski definition) is 8. The molecule has 2 N–H and O–H groups in total. The van der Waals surface area contributed by atoms with Crippen LogP contribution >= 0.6 is 0 Å². The first-order valence-electron chi connectivity index (χ1n) is 11.5. The molecule has 37 heavy (non-hydrogen) atoms. The highest BCUT2D eigenvalue weighted by atomic mass is 19.3.